The Hall–Kier alpha value is -1.83. The fraction of sp³-hybridized carbons (Fsp3) is 0.742. The summed E-state index contributed by atoms with van der Waals surface area (Å²) in [7, 11) is 8.04. The van der Waals surface area contributed by atoms with Crippen molar-refractivity contribution >= 4 is 23.5 Å². The molecule has 1 aromatic carbocycles. The molecular weight excluding hydrogens is 510 g/mol. The number of piperidine rings is 1. The number of hydrogen-bond donors (Lipinski definition) is 1. The van der Waals surface area contributed by atoms with Gasteiger partial charge in [0.25, 0.3) is 0 Å². The summed E-state index contributed by atoms with van der Waals surface area (Å²) in [5, 5.41) is 4.50. The van der Waals surface area contributed by atoms with Crippen molar-refractivity contribution < 1.29 is 9.59 Å². The third kappa shape index (κ3) is 8.11. The number of halogens is 1. The number of urea groups is 1. The van der Waals surface area contributed by atoms with E-state index in [0.717, 1.165) is 56.9 Å². The Morgan fingerprint density at radius 2 is 1.44 bits per heavy atom. The van der Waals surface area contributed by atoms with Crippen LogP contribution in [0.4, 0.5) is 4.79 Å². The van der Waals surface area contributed by atoms with Crippen LogP contribution in [0, 0.1) is 0 Å². The van der Waals surface area contributed by atoms with E-state index in [4.69, 9.17) is 11.6 Å². The quantitative estimate of drug-likeness (QED) is 0.486. The van der Waals surface area contributed by atoms with Gasteiger partial charge in [-0.25, -0.2) is 4.79 Å². The predicted octanol–water partition coefficient (Wildman–Crippen LogP) is 5.02. The van der Waals surface area contributed by atoms with E-state index in [9.17, 15) is 9.59 Å². The average molecular weight is 560 g/mol. The number of carbonyl (C=O) groups excluding carboxylic acids is 2. The van der Waals surface area contributed by atoms with Crippen molar-refractivity contribution in [2.75, 3.05) is 41.3 Å². The zero-order valence-corrected chi connectivity index (χ0v) is 25.3. The maximum absolute atomic E-state index is 14.0. The Kier molecular flexibility index (Phi) is 11.0. The lowest BCUT2D eigenvalue weighted by atomic mass is 9.89. The zero-order valence-electron chi connectivity index (χ0n) is 24.6. The van der Waals surface area contributed by atoms with Crippen LogP contribution in [-0.4, -0.2) is 103 Å². The van der Waals surface area contributed by atoms with E-state index < -0.39 is 0 Å². The number of nitrogens with zero attached hydrogens (tertiary/aromatic N) is 4. The van der Waals surface area contributed by atoms with Gasteiger partial charge in [0.1, 0.15) is 0 Å². The topological polar surface area (TPSA) is 59.1 Å². The highest BCUT2D eigenvalue weighted by Gasteiger charge is 2.37. The largest absolute Gasteiger partial charge is 0.341 e. The van der Waals surface area contributed by atoms with Crippen molar-refractivity contribution in [2.45, 2.75) is 107 Å². The van der Waals surface area contributed by atoms with Crippen molar-refractivity contribution in [3.63, 3.8) is 0 Å². The van der Waals surface area contributed by atoms with Gasteiger partial charge in [-0.1, -0.05) is 43.0 Å². The minimum atomic E-state index is -0.249. The van der Waals surface area contributed by atoms with Crippen molar-refractivity contribution in [1.29, 1.82) is 0 Å². The molecule has 2 saturated carbocycles. The third-order valence-corrected chi connectivity index (χ3v) is 9.51. The smallest absolute Gasteiger partial charge is 0.319 e. The van der Waals surface area contributed by atoms with Gasteiger partial charge in [-0.15, -0.1) is 0 Å². The first kappa shape index (κ1) is 30.1. The second kappa shape index (κ2) is 14.2. The summed E-state index contributed by atoms with van der Waals surface area (Å²) >= 11 is 6.14. The Morgan fingerprint density at radius 3 is 2.00 bits per heavy atom. The van der Waals surface area contributed by atoms with Gasteiger partial charge in [0.15, 0.2) is 0 Å². The molecule has 1 atom stereocenters. The lowest BCUT2D eigenvalue weighted by Gasteiger charge is -2.45. The molecule has 7 nitrogen and oxygen atoms in total. The molecular formula is C31H50ClN5O2. The fourth-order valence-electron chi connectivity index (χ4n) is 6.90. The molecule has 218 valence electrons. The number of carbonyl (C=O) groups is 2. The molecule has 4 rings (SSSR count). The highest BCUT2D eigenvalue weighted by atomic mass is 35.5. The van der Waals surface area contributed by atoms with Crippen LogP contribution < -0.4 is 5.32 Å². The molecule has 3 fully saturated rings. The summed E-state index contributed by atoms with van der Waals surface area (Å²) in [6, 6.07) is 9.30. The molecule has 1 N–H and O–H groups in total. The van der Waals surface area contributed by atoms with Gasteiger partial charge in [0, 0.05) is 56.4 Å². The van der Waals surface area contributed by atoms with E-state index in [1.54, 1.807) is 4.90 Å². The summed E-state index contributed by atoms with van der Waals surface area (Å²) in [5.74, 6) is 0.196. The molecule has 0 radical (unpaired) electrons. The van der Waals surface area contributed by atoms with Crippen LogP contribution in [0.25, 0.3) is 0 Å². The first-order valence-corrected chi connectivity index (χ1v) is 15.6. The number of amides is 3. The number of nitrogens with one attached hydrogen (secondary N) is 1. The maximum atomic E-state index is 14.0. The van der Waals surface area contributed by atoms with Crippen LogP contribution >= 0.6 is 11.6 Å². The zero-order chi connectivity index (χ0) is 27.9. The van der Waals surface area contributed by atoms with Crippen LogP contribution in [0.3, 0.4) is 0 Å². The fourth-order valence-corrected chi connectivity index (χ4v) is 7.03. The van der Waals surface area contributed by atoms with Crippen LogP contribution in [0.15, 0.2) is 24.3 Å². The molecule has 0 spiro atoms. The SMILES string of the molecule is CN(C)C(=O)N(C1CCCCC1)C1CCN(C(=O)[C@H](Cc2ccc(Cl)cc2)NC2CCC(N(C)C)CC2)CC1. The second-order valence-electron chi connectivity index (χ2n) is 12.5. The summed E-state index contributed by atoms with van der Waals surface area (Å²) in [5.41, 5.74) is 1.13. The summed E-state index contributed by atoms with van der Waals surface area (Å²) in [4.78, 5) is 35.5. The molecule has 3 aliphatic rings. The molecule has 0 unspecified atom stereocenters. The molecule has 1 saturated heterocycles. The van der Waals surface area contributed by atoms with Crippen molar-refractivity contribution in [3.8, 4) is 0 Å². The van der Waals surface area contributed by atoms with E-state index in [0.29, 0.717) is 42.7 Å². The summed E-state index contributed by atoms with van der Waals surface area (Å²) < 4.78 is 0. The van der Waals surface area contributed by atoms with Gasteiger partial charge in [0.05, 0.1) is 6.04 Å². The Bertz CT molecular complexity index is 917. The number of rotatable bonds is 8. The van der Waals surface area contributed by atoms with Gasteiger partial charge >= 0.3 is 6.03 Å². The molecule has 1 heterocycles. The summed E-state index contributed by atoms with van der Waals surface area (Å²) in [6.07, 6.45) is 12.8. The lowest BCUT2D eigenvalue weighted by Crippen LogP contribution is -2.58. The van der Waals surface area contributed by atoms with E-state index in [1.165, 1.54) is 19.3 Å². The van der Waals surface area contributed by atoms with Crippen LogP contribution in [0.5, 0.6) is 0 Å². The van der Waals surface area contributed by atoms with Gasteiger partial charge in [-0.05, 0) is 89.6 Å². The Labute approximate surface area is 241 Å². The highest BCUT2D eigenvalue weighted by Crippen LogP contribution is 2.29. The van der Waals surface area contributed by atoms with E-state index in [1.807, 2.05) is 38.4 Å². The van der Waals surface area contributed by atoms with Crippen LogP contribution in [-0.2, 0) is 11.2 Å². The maximum Gasteiger partial charge on any atom is 0.319 e. The predicted molar refractivity (Wildman–Crippen MR) is 159 cm³/mol. The summed E-state index contributed by atoms with van der Waals surface area (Å²) in [6.45, 7) is 1.42. The van der Waals surface area contributed by atoms with E-state index in [2.05, 4.69) is 34.1 Å². The van der Waals surface area contributed by atoms with Crippen LogP contribution in [0.1, 0.15) is 76.2 Å². The van der Waals surface area contributed by atoms with Crippen molar-refractivity contribution in [2.24, 2.45) is 0 Å². The Morgan fingerprint density at radius 1 is 0.846 bits per heavy atom. The lowest BCUT2D eigenvalue weighted by molar-refractivity contribution is -0.135. The first-order chi connectivity index (χ1) is 18.7. The van der Waals surface area contributed by atoms with E-state index in [-0.39, 0.29) is 24.0 Å². The van der Waals surface area contributed by atoms with Gasteiger partial charge < -0.3 is 24.9 Å². The highest BCUT2D eigenvalue weighted by molar-refractivity contribution is 6.30. The van der Waals surface area contributed by atoms with E-state index >= 15 is 0 Å². The van der Waals surface area contributed by atoms with Gasteiger partial charge in [-0.2, -0.15) is 0 Å². The number of benzene rings is 1. The average Bonchev–Trinajstić information content (AvgIpc) is 2.95. The monoisotopic (exact) mass is 559 g/mol. The second-order valence-corrected chi connectivity index (χ2v) is 12.9. The molecule has 0 aromatic heterocycles. The minimum absolute atomic E-state index is 0.127. The Balaban J connectivity index is 1.41. The normalized spacial score (nSPS) is 24.0. The molecule has 1 aromatic rings. The molecule has 2 aliphatic carbocycles. The molecule has 8 heteroatoms. The minimum Gasteiger partial charge on any atom is -0.341 e. The molecule has 3 amide bonds. The van der Waals surface area contributed by atoms with Crippen LogP contribution in [0.2, 0.25) is 5.02 Å². The third-order valence-electron chi connectivity index (χ3n) is 9.26. The van der Waals surface area contributed by atoms with Gasteiger partial charge in [-0.3, -0.25) is 4.79 Å². The first-order valence-electron chi connectivity index (χ1n) is 15.2. The van der Waals surface area contributed by atoms with Gasteiger partial charge in [0.2, 0.25) is 5.91 Å². The number of hydrogen-bond acceptors (Lipinski definition) is 4. The molecule has 1 aliphatic heterocycles. The molecule has 39 heavy (non-hydrogen) atoms. The van der Waals surface area contributed by atoms with Crippen molar-refractivity contribution in [1.82, 2.24) is 24.9 Å². The standard InChI is InChI=1S/C31H50ClN5O2/c1-34(2)26-16-14-25(15-17-26)33-29(22-23-10-12-24(32)13-11-23)30(38)36-20-18-28(19-21-36)37(31(39)35(3)4)27-8-6-5-7-9-27/h10-13,25-29,33H,5-9,14-22H2,1-4H3/t25?,26?,29-/m0/s1. The molecule has 0 bridgehead atoms. The van der Waals surface area contributed by atoms with Crippen molar-refractivity contribution in [3.05, 3.63) is 34.9 Å². The number of likely N-dealkylation sites (tertiary alicyclic amines) is 1.